The molecule has 1 aromatic heterocycles. The van der Waals surface area contributed by atoms with Gasteiger partial charge in [0.05, 0.1) is 6.26 Å². The summed E-state index contributed by atoms with van der Waals surface area (Å²) in [7, 11) is -3.51. The number of carbonyl (C=O) groups is 1. The minimum Gasteiger partial charge on any atom is -0.478 e. The SMILES string of the molecule is Cc1ccc(-c2csc(NS(C)(=O)=O)c2C(=O)O)cc1. The smallest absolute Gasteiger partial charge is 0.339 e. The molecule has 0 saturated heterocycles. The summed E-state index contributed by atoms with van der Waals surface area (Å²) < 4.78 is 24.8. The van der Waals surface area contributed by atoms with Gasteiger partial charge in [0.2, 0.25) is 10.0 Å². The molecule has 0 bridgehead atoms. The van der Waals surface area contributed by atoms with Crippen LogP contribution in [0.15, 0.2) is 29.6 Å². The van der Waals surface area contributed by atoms with E-state index in [4.69, 9.17) is 0 Å². The molecule has 0 atom stereocenters. The van der Waals surface area contributed by atoms with Gasteiger partial charge in [-0.15, -0.1) is 11.3 Å². The van der Waals surface area contributed by atoms with Crippen LogP contribution in [0.5, 0.6) is 0 Å². The summed E-state index contributed by atoms with van der Waals surface area (Å²) in [5.41, 5.74) is 2.29. The quantitative estimate of drug-likeness (QED) is 0.909. The van der Waals surface area contributed by atoms with Crippen LogP contribution in [-0.4, -0.2) is 25.7 Å². The number of aryl methyl sites for hydroxylation is 1. The lowest BCUT2D eigenvalue weighted by molar-refractivity contribution is 0.0699. The maximum absolute atomic E-state index is 11.4. The fraction of sp³-hybridized carbons (Fsp3) is 0.154. The van der Waals surface area contributed by atoms with E-state index in [0.717, 1.165) is 28.7 Å². The molecule has 106 valence electrons. The number of carboxylic acids is 1. The van der Waals surface area contributed by atoms with E-state index >= 15 is 0 Å². The predicted molar refractivity (Wildman–Crippen MR) is 79.9 cm³/mol. The number of nitrogens with one attached hydrogen (secondary N) is 1. The highest BCUT2D eigenvalue weighted by molar-refractivity contribution is 7.92. The van der Waals surface area contributed by atoms with Crippen molar-refractivity contribution in [3.05, 3.63) is 40.8 Å². The van der Waals surface area contributed by atoms with E-state index in [2.05, 4.69) is 4.72 Å². The number of carboxylic acid groups (broad SMARTS) is 1. The number of rotatable bonds is 4. The molecule has 0 aliphatic rings. The largest absolute Gasteiger partial charge is 0.478 e. The standard InChI is InChI=1S/C13H13NO4S2/c1-8-3-5-9(6-4-8)10-7-19-12(11(10)13(15)16)14-20(2,17)18/h3-7,14H,1-2H3,(H,15,16). The molecular weight excluding hydrogens is 298 g/mol. The Morgan fingerprint density at radius 1 is 1.25 bits per heavy atom. The molecule has 0 aliphatic heterocycles. The minimum absolute atomic E-state index is 0.0238. The van der Waals surface area contributed by atoms with Crippen molar-refractivity contribution < 1.29 is 18.3 Å². The first-order chi connectivity index (χ1) is 9.28. The number of anilines is 1. The monoisotopic (exact) mass is 311 g/mol. The molecule has 0 unspecified atom stereocenters. The topological polar surface area (TPSA) is 83.5 Å². The first-order valence-electron chi connectivity index (χ1n) is 5.67. The van der Waals surface area contributed by atoms with Gasteiger partial charge in [-0.25, -0.2) is 13.2 Å². The molecule has 5 nitrogen and oxygen atoms in total. The van der Waals surface area contributed by atoms with Crippen molar-refractivity contribution in [3.8, 4) is 11.1 Å². The second-order valence-corrected chi connectivity index (χ2v) is 7.03. The maximum Gasteiger partial charge on any atom is 0.339 e. The first-order valence-corrected chi connectivity index (χ1v) is 8.44. The third kappa shape index (κ3) is 3.17. The molecule has 20 heavy (non-hydrogen) atoms. The Kier molecular flexibility index (Phi) is 3.82. The molecule has 0 saturated carbocycles. The fourth-order valence-corrected chi connectivity index (χ4v) is 3.65. The molecule has 2 rings (SSSR count). The summed E-state index contributed by atoms with van der Waals surface area (Å²) in [6.07, 6.45) is 0.990. The van der Waals surface area contributed by atoms with E-state index in [1.165, 1.54) is 0 Å². The van der Waals surface area contributed by atoms with Crippen molar-refractivity contribution >= 4 is 32.3 Å². The van der Waals surface area contributed by atoms with Crippen LogP contribution in [0.3, 0.4) is 0 Å². The van der Waals surface area contributed by atoms with E-state index < -0.39 is 16.0 Å². The van der Waals surface area contributed by atoms with Crippen molar-refractivity contribution in [1.82, 2.24) is 0 Å². The Labute approximate surface area is 120 Å². The highest BCUT2D eigenvalue weighted by atomic mass is 32.2. The Morgan fingerprint density at radius 3 is 2.35 bits per heavy atom. The number of hydrogen-bond donors (Lipinski definition) is 2. The van der Waals surface area contributed by atoms with Gasteiger partial charge in [0.25, 0.3) is 0 Å². The highest BCUT2D eigenvalue weighted by Gasteiger charge is 2.21. The van der Waals surface area contributed by atoms with Gasteiger partial charge in [0.15, 0.2) is 0 Å². The predicted octanol–water partition coefficient (Wildman–Crippen LogP) is 2.79. The van der Waals surface area contributed by atoms with Gasteiger partial charge in [-0.05, 0) is 12.5 Å². The van der Waals surface area contributed by atoms with Gasteiger partial charge in [0, 0.05) is 10.9 Å². The van der Waals surface area contributed by atoms with Crippen LogP contribution >= 0.6 is 11.3 Å². The van der Waals surface area contributed by atoms with Gasteiger partial charge in [-0.2, -0.15) is 0 Å². The number of aromatic carboxylic acids is 1. The molecule has 0 spiro atoms. The summed E-state index contributed by atoms with van der Waals surface area (Å²) in [5.74, 6) is -1.16. The Balaban J connectivity index is 2.55. The average molecular weight is 311 g/mol. The summed E-state index contributed by atoms with van der Waals surface area (Å²) in [5, 5.41) is 11.1. The summed E-state index contributed by atoms with van der Waals surface area (Å²) in [6, 6.07) is 7.38. The van der Waals surface area contributed by atoms with E-state index in [9.17, 15) is 18.3 Å². The van der Waals surface area contributed by atoms with Gasteiger partial charge in [-0.3, -0.25) is 4.72 Å². The molecule has 2 N–H and O–H groups in total. The second-order valence-electron chi connectivity index (χ2n) is 4.40. The Hall–Kier alpha value is -1.86. The fourth-order valence-electron chi connectivity index (χ4n) is 1.76. The van der Waals surface area contributed by atoms with Gasteiger partial charge in [0.1, 0.15) is 10.6 Å². The van der Waals surface area contributed by atoms with Crippen molar-refractivity contribution in [2.24, 2.45) is 0 Å². The number of benzene rings is 1. The summed E-state index contributed by atoms with van der Waals surface area (Å²) >= 11 is 1.06. The zero-order chi connectivity index (χ0) is 14.9. The van der Waals surface area contributed by atoms with E-state index in [1.807, 2.05) is 31.2 Å². The van der Waals surface area contributed by atoms with Crippen molar-refractivity contribution in [1.29, 1.82) is 0 Å². The van der Waals surface area contributed by atoms with Crippen molar-refractivity contribution in [2.75, 3.05) is 11.0 Å². The maximum atomic E-state index is 11.4. The van der Waals surface area contributed by atoms with Crippen LogP contribution in [0.2, 0.25) is 0 Å². The van der Waals surface area contributed by atoms with Crippen molar-refractivity contribution in [3.63, 3.8) is 0 Å². The van der Waals surface area contributed by atoms with Crippen LogP contribution in [0.1, 0.15) is 15.9 Å². The summed E-state index contributed by atoms with van der Waals surface area (Å²) in [4.78, 5) is 11.4. The molecule has 1 aromatic carbocycles. The molecule has 1 heterocycles. The van der Waals surface area contributed by atoms with Crippen LogP contribution in [0.4, 0.5) is 5.00 Å². The van der Waals surface area contributed by atoms with E-state index in [1.54, 1.807) is 5.38 Å². The van der Waals surface area contributed by atoms with Crippen LogP contribution in [-0.2, 0) is 10.0 Å². The third-order valence-corrected chi connectivity index (χ3v) is 4.25. The zero-order valence-corrected chi connectivity index (χ0v) is 12.5. The Bertz CT molecular complexity index is 745. The first kappa shape index (κ1) is 14.5. The molecular formula is C13H13NO4S2. The number of thiophene rings is 1. The van der Waals surface area contributed by atoms with Gasteiger partial charge < -0.3 is 5.11 Å². The normalized spacial score (nSPS) is 11.3. The van der Waals surface area contributed by atoms with E-state index in [-0.39, 0.29) is 10.6 Å². The molecule has 0 fully saturated rings. The zero-order valence-electron chi connectivity index (χ0n) is 10.9. The molecule has 0 aliphatic carbocycles. The van der Waals surface area contributed by atoms with Crippen LogP contribution < -0.4 is 4.72 Å². The molecule has 0 radical (unpaired) electrons. The highest BCUT2D eigenvalue weighted by Crippen LogP contribution is 2.36. The van der Waals surface area contributed by atoms with Gasteiger partial charge in [-0.1, -0.05) is 29.8 Å². The Morgan fingerprint density at radius 2 is 1.85 bits per heavy atom. The van der Waals surface area contributed by atoms with Crippen LogP contribution in [0, 0.1) is 6.92 Å². The molecule has 2 aromatic rings. The minimum atomic E-state index is -3.51. The molecule has 0 amide bonds. The van der Waals surface area contributed by atoms with E-state index in [0.29, 0.717) is 5.56 Å². The van der Waals surface area contributed by atoms with Crippen molar-refractivity contribution in [2.45, 2.75) is 6.92 Å². The average Bonchev–Trinajstić information content (AvgIpc) is 2.71. The van der Waals surface area contributed by atoms with Crippen LogP contribution in [0.25, 0.3) is 11.1 Å². The van der Waals surface area contributed by atoms with Gasteiger partial charge >= 0.3 is 5.97 Å². The lowest BCUT2D eigenvalue weighted by Crippen LogP contribution is -2.11. The second kappa shape index (κ2) is 5.26. The lowest BCUT2D eigenvalue weighted by atomic mass is 10.0. The summed E-state index contributed by atoms with van der Waals surface area (Å²) in [6.45, 7) is 1.94. The number of hydrogen-bond acceptors (Lipinski definition) is 4. The lowest BCUT2D eigenvalue weighted by Gasteiger charge is -2.05. The molecule has 7 heteroatoms. The number of sulfonamides is 1. The third-order valence-electron chi connectivity index (χ3n) is 2.65.